The van der Waals surface area contributed by atoms with Gasteiger partial charge >= 0.3 is 0 Å². The predicted octanol–water partition coefficient (Wildman–Crippen LogP) is 0.624. The molecule has 0 spiro atoms. The van der Waals surface area contributed by atoms with Crippen LogP contribution in [0.15, 0.2) is 6.33 Å². The second-order valence-corrected chi connectivity index (χ2v) is 2.21. The van der Waals surface area contributed by atoms with Gasteiger partial charge in [0.2, 0.25) is 0 Å². The van der Waals surface area contributed by atoms with Gasteiger partial charge in [0.25, 0.3) is 5.82 Å². The largest absolute Gasteiger partial charge is 0.252 e. The third-order valence-corrected chi connectivity index (χ3v) is 1.46. The van der Waals surface area contributed by atoms with Crippen molar-refractivity contribution in [2.24, 2.45) is 0 Å². The van der Waals surface area contributed by atoms with Gasteiger partial charge in [0.1, 0.15) is 18.4 Å². The minimum Gasteiger partial charge on any atom is -0.234 e. The van der Waals surface area contributed by atoms with Crippen LogP contribution in [0.4, 0.5) is 0 Å². The third kappa shape index (κ3) is 1.40. The summed E-state index contributed by atoms with van der Waals surface area (Å²) in [5.74, 6) is 0.101. The predicted molar refractivity (Wildman–Crippen MR) is 39.7 cm³/mol. The lowest BCUT2D eigenvalue weighted by atomic mass is 10.3. The number of rotatable bonds is 2. The Labute approximate surface area is 69.9 Å². The molecule has 1 heterocycles. The van der Waals surface area contributed by atoms with Gasteiger partial charge in [-0.15, -0.1) is 5.10 Å². The van der Waals surface area contributed by atoms with E-state index in [0.717, 1.165) is 0 Å². The van der Waals surface area contributed by atoms with Crippen molar-refractivity contribution in [3.63, 3.8) is 0 Å². The van der Waals surface area contributed by atoms with Gasteiger partial charge in [-0.2, -0.15) is 10.5 Å². The average Bonchev–Trinajstić information content (AvgIpc) is 2.55. The molecule has 0 fully saturated rings. The quantitative estimate of drug-likeness (QED) is 0.637. The zero-order valence-corrected chi connectivity index (χ0v) is 6.60. The van der Waals surface area contributed by atoms with Gasteiger partial charge in [0, 0.05) is 0 Å². The maximum atomic E-state index is 8.64. The van der Waals surface area contributed by atoms with E-state index in [1.165, 1.54) is 11.0 Å². The first-order valence-electron chi connectivity index (χ1n) is 3.52. The fourth-order valence-electron chi connectivity index (χ4n) is 0.814. The van der Waals surface area contributed by atoms with Gasteiger partial charge in [-0.1, -0.05) is 6.92 Å². The molecule has 1 aromatic rings. The summed E-state index contributed by atoms with van der Waals surface area (Å²) in [7, 11) is 0. The number of hydrogen-bond acceptors (Lipinski definition) is 4. The van der Waals surface area contributed by atoms with E-state index in [9.17, 15) is 0 Å². The van der Waals surface area contributed by atoms with Crippen molar-refractivity contribution < 1.29 is 0 Å². The summed E-state index contributed by atoms with van der Waals surface area (Å²) in [4.78, 5) is 3.69. The molecule has 0 aliphatic rings. The lowest BCUT2D eigenvalue weighted by Gasteiger charge is -2.02. The van der Waals surface area contributed by atoms with Crippen molar-refractivity contribution >= 4 is 0 Å². The van der Waals surface area contributed by atoms with Gasteiger partial charge in [0.05, 0.1) is 6.07 Å². The highest BCUT2D eigenvalue weighted by molar-refractivity contribution is 5.06. The molecule has 1 atom stereocenters. The summed E-state index contributed by atoms with van der Waals surface area (Å²) in [6.07, 6.45) is 2.06. The molecule has 12 heavy (non-hydrogen) atoms. The van der Waals surface area contributed by atoms with Gasteiger partial charge in [-0.25, -0.2) is 9.67 Å². The maximum absolute atomic E-state index is 8.64. The van der Waals surface area contributed by atoms with Crippen LogP contribution in [0.5, 0.6) is 0 Å². The van der Waals surface area contributed by atoms with E-state index in [-0.39, 0.29) is 11.9 Å². The highest BCUT2D eigenvalue weighted by atomic mass is 15.3. The third-order valence-electron chi connectivity index (χ3n) is 1.46. The smallest absolute Gasteiger partial charge is 0.234 e. The number of nitrogens with zero attached hydrogens (tertiary/aromatic N) is 5. The molecule has 60 valence electrons. The van der Waals surface area contributed by atoms with Gasteiger partial charge in [-0.05, 0) is 6.42 Å². The minimum atomic E-state index is -0.320. The molecule has 0 bridgehead atoms. The Balaban J connectivity index is 2.90. The Morgan fingerprint density at radius 3 is 2.83 bits per heavy atom. The Morgan fingerprint density at radius 1 is 1.67 bits per heavy atom. The molecule has 1 rings (SSSR count). The van der Waals surface area contributed by atoms with E-state index in [1.54, 1.807) is 6.07 Å². The molecular weight excluding hydrogens is 154 g/mol. The summed E-state index contributed by atoms with van der Waals surface area (Å²) in [6, 6.07) is 3.53. The molecule has 0 aliphatic heterocycles. The second-order valence-electron chi connectivity index (χ2n) is 2.21. The molecule has 0 aromatic carbocycles. The monoisotopic (exact) mass is 161 g/mol. The summed E-state index contributed by atoms with van der Waals surface area (Å²) in [5.41, 5.74) is 0. The van der Waals surface area contributed by atoms with E-state index in [2.05, 4.69) is 16.2 Å². The zero-order chi connectivity index (χ0) is 8.97. The van der Waals surface area contributed by atoms with Gasteiger partial charge < -0.3 is 0 Å². The lowest BCUT2D eigenvalue weighted by molar-refractivity contribution is 0.532. The molecule has 0 saturated carbocycles. The van der Waals surface area contributed by atoms with E-state index in [0.29, 0.717) is 6.42 Å². The van der Waals surface area contributed by atoms with Crippen LogP contribution in [0.25, 0.3) is 0 Å². The van der Waals surface area contributed by atoms with Crippen LogP contribution in [0.1, 0.15) is 25.2 Å². The van der Waals surface area contributed by atoms with Crippen molar-refractivity contribution in [3.05, 3.63) is 12.2 Å². The summed E-state index contributed by atoms with van der Waals surface area (Å²) in [5, 5.41) is 20.8. The molecule has 1 unspecified atom stereocenters. The van der Waals surface area contributed by atoms with Crippen molar-refractivity contribution in [2.45, 2.75) is 19.4 Å². The highest BCUT2D eigenvalue weighted by Crippen LogP contribution is 2.06. The van der Waals surface area contributed by atoms with Crippen molar-refractivity contribution in [3.8, 4) is 12.1 Å². The Hall–Kier alpha value is -1.88. The van der Waals surface area contributed by atoms with Crippen LogP contribution in [0.2, 0.25) is 0 Å². The maximum Gasteiger partial charge on any atom is 0.252 e. The lowest BCUT2D eigenvalue weighted by Crippen LogP contribution is -2.06. The Kier molecular flexibility index (Phi) is 2.39. The first-order valence-corrected chi connectivity index (χ1v) is 3.52. The topological polar surface area (TPSA) is 78.3 Å². The molecule has 0 radical (unpaired) electrons. The molecule has 0 saturated heterocycles. The molecule has 5 heteroatoms. The standard InChI is InChI=1S/C7H7N5/c1-2-6(3-8)12-5-10-7(4-9)11-12/h5-6H,2H2,1H3. The SMILES string of the molecule is CCC(C#N)n1cnc(C#N)n1. The van der Waals surface area contributed by atoms with Crippen LogP contribution >= 0.6 is 0 Å². The molecular formula is C7H7N5. The van der Waals surface area contributed by atoms with Crippen LogP contribution < -0.4 is 0 Å². The molecule has 0 amide bonds. The van der Waals surface area contributed by atoms with E-state index in [1.807, 2.05) is 6.92 Å². The van der Waals surface area contributed by atoms with Crippen molar-refractivity contribution in [1.29, 1.82) is 10.5 Å². The fraction of sp³-hybridized carbons (Fsp3) is 0.429. The second kappa shape index (κ2) is 3.49. The molecule has 5 nitrogen and oxygen atoms in total. The van der Waals surface area contributed by atoms with E-state index < -0.39 is 0 Å². The van der Waals surface area contributed by atoms with Gasteiger partial charge in [0.15, 0.2) is 0 Å². The molecule has 0 N–H and O–H groups in total. The Bertz CT molecular complexity index is 339. The van der Waals surface area contributed by atoms with Crippen LogP contribution in [-0.4, -0.2) is 14.8 Å². The first kappa shape index (κ1) is 8.22. The zero-order valence-electron chi connectivity index (χ0n) is 6.60. The Morgan fingerprint density at radius 2 is 2.42 bits per heavy atom. The minimum absolute atomic E-state index is 0.101. The van der Waals surface area contributed by atoms with E-state index in [4.69, 9.17) is 10.5 Å². The molecule has 1 aromatic heterocycles. The first-order chi connectivity index (χ1) is 5.81. The van der Waals surface area contributed by atoms with Crippen LogP contribution in [-0.2, 0) is 0 Å². The van der Waals surface area contributed by atoms with Crippen LogP contribution in [0.3, 0.4) is 0 Å². The summed E-state index contributed by atoms with van der Waals surface area (Å²) in [6.45, 7) is 1.88. The normalized spacial score (nSPS) is 11.6. The van der Waals surface area contributed by atoms with Crippen molar-refractivity contribution in [2.75, 3.05) is 0 Å². The fourth-order valence-corrected chi connectivity index (χ4v) is 0.814. The number of hydrogen-bond donors (Lipinski definition) is 0. The summed E-state index contributed by atoms with van der Waals surface area (Å²) < 4.78 is 1.40. The van der Waals surface area contributed by atoms with Crippen LogP contribution in [0, 0.1) is 22.7 Å². The highest BCUT2D eigenvalue weighted by Gasteiger charge is 2.08. The van der Waals surface area contributed by atoms with Gasteiger partial charge in [-0.3, -0.25) is 0 Å². The molecule has 0 aliphatic carbocycles. The number of aromatic nitrogens is 3. The van der Waals surface area contributed by atoms with Crippen molar-refractivity contribution in [1.82, 2.24) is 14.8 Å². The number of nitriles is 2. The van der Waals surface area contributed by atoms with E-state index >= 15 is 0 Å². The average molecular weight is 161 g/mol. The summed E-state index contributed by atoms with van der Waals surface area (Å²) >= 11 is 0.